The van der Waals surface area contributed by atoms with Crippen molar-refractivity contribution >= 4 is 11.6 Å². The lowest BCUT2D eigenvalue weighted by atomic mass is 10.1. The van der Waals surface area contributed by atoms with Crippen LogP contribution in [0.5, 0.6) is 0 Å². The van der Waals surface area contributed by atoms with Gasteiger partial charge in [-0.3, -0.25) is 4.79 Å². The molecule has 0 aliphatic rings. The zero-order valence-corrected chi connectivity index (χ0v) is 13.4. The summed E-state index contributed by atoms with van der Waals surface area (Å²) in [6.07, 6.45) is 10.7. The number of hydrogen-bond acceptors (Lipinski definition) is 2. The van der Waals surface area contributed by atoms with Crippen LogP contribution in [0.4, 0.5) is 5.69 Å². The number of benzene rings is 1. The Hall–Kier alpha value is -1.51. The average Bonchev–Trinajstić information content (AvgIpc) is 2.45. The van der Waals surface area contributed by atoms with E-state index >= 15 is 0 Å². The molecule has 0 unspecified atom stereocenters. The molecular weight excluding hydrogens is 260 g/mol. The highest BCUT2D eigenvalue weighted by Crippen LogP contribution is 2.08. The topological polar surface area (TPSA) is 55.1 Å². The molecule has 1 rings (SSSR count). The number of hydrogen-bond donors (Lipinski definition) is 2. The first kappa shape index (κ1) is 17.5. The van der Waals surface area contributed by atoms with Gasteiger partial charge in [-0.25, -0.2) is 0 Å². The monoisotopic (exact) mass is 290 g/mol. The van der Waals surface area contributed by atoms with Crippen molar-refractivity contribution in [2.24, 2.45) is 0 Å². The van der Waals surface area contributed by atoms with Gasteiger partial charge in [-0.1, -0.05) is 64.0 Å². The fourth-order valence-electron chi connectivity index (χ4n) is 2.44. The van der Waals surface area contributed by atoms with E-state index in [9.17, 15) is 4.79 Å². The van der Waals surface area contributed by atoms with Gasteiger partial charge in [0, 0.05) is 12.2 Å². The minimum absolute atomic E-state index is 0.0866. The minimum atomic E-state index is 0.0866. The first-order valence-electron chi connectivity index (χ1n) is 8.33. The van der Waals surface area contributed by atoms with E-state index < -0.39 is 0 Å². The Morgan fingerprint density at radius 3 is 2.38 bits per heavy atom. The van der Waals surface area contributed by atoms with Crippen molar-refractivity contribution in [1.82, 2.24) is 5.32 Å². The van der Waals surface area contributed by atoms with Crippen LogP contribution < -0.4 is 11.1 Å². The molecule has 1 aromatic carbocycles. The van der Waals surface area contributed by atoms with Crippen molar-refractivity contribution in [2.45, 2.75) is 64.7 Å². The number of amides is 1. The van der Waals surface area contributed by atoms with Crippen LogP contribution in [0.2, 0.25) is 0 Å². The Morgan fingerprint density at radius 1 is 1.05 bits per heavy atom. The molecule has 0 spiro atoms. The summed E-state index contributed by atoms with van der Waals surface area (Å²) in [4.78, 5) is 11.8. The van der Waals surface area contributed by atoms with Gasteiger partial charge in [0.2, 0.25) is 5.91 Å². The Kier molecular flexibility index (Phi) is 9.34. The van der Waals surface area contributed by atoms with Crippen molar-refractivity contribution in [3.8, 4) is 0 Å². The smallest absolute Gasteiger partial charge is 0.224 e. The normalized spacial score (nSPS) is 10.5. The molecule has 0 bridgehead atoms. The standard InChI is InChI=1S/C18H30N2O/c1-2-3-4-5-6-7-8-9-13-20-18(21)15-16-11-10-12-17(19)14-16/h10-12,14H,2-9,13,15,19H2,1H3,(H,20,21). The second-order valence-electron chi connectivity index (χ2n) is 5.75. The quantitative estimate of drug-likeness (QED) is 0.477. The van der Waals surface area contributed by atoms with Crippen LogP contribution in [0.15, 0.2) is 24.3 Å². The zero-order valence-electron chi connectivity index (χ0n) is 13.4. The highest BCUT2D eigenvalue weighted by atomic mass is 16.1. The van der Waals surface area contributed by atoms with Crippen LogP contribution in [0, 0.1) is 0 Å². The third-order valence-corrected chi connectivity index (χ3v) is 3.67. The summed E-state index contributed by atoms with van der Waals surface area (Å²) in [6.45, 7) is 3.03. The highest BCUT2D eigenvalue weighted by molar-refractivity contribution is 5.78. The molecule has 0 atom stereocenters. The molecule has 3 heteroatoms. The van der Waals surface area contributed by atoms with Crippen LogP contribution in [0.3, 0.4) is 0 Å². The summed E-state index contributed by atoms with van der Waals surface area (Å²) in [5.41, 5.74) is 7.39. The predicted molar refractivity (Wildman–Crippen MR) is 90.2 cm³/mol. The Labute approximate surface area is 129 Å². The summed E-state index contributed by atoms with van der Waals surface area (Å²) in [7, 11) is 0. The summed E-state index contributed by atoms with van der Waals surface area (Å²) in [5.74, 6) is 0.0866. The number of rotatable bonds is 11. The highest BCUT2D eigenvalue weighted by Gasteiger charge is 2.02. The number of nitrogen functional groups attached to an aromatic ring is 1. The molecule has 0 aliphatic carbocycles. The summed E-state index contributed by atoms with van der Waals surface area (Å²) >= 11 is 0. The van der Waals surface area contributed by atoms with Gasteiger partial charge in [-0.2, -0.15) is 0 Å². The van der Waals surface area contributed by atoms with Crippen molar-refractivity contribution in [2.75, 3.05) is 12.3 Å². The van der Waals surface area contributed by atoms with Crippen LogP contribution in [0.25, 0.3) is 0 Å². The number of anilines is 1. The first-order valence-corrected chi connectivity index (χ1v) is 8.33. The van der Waals surface area contributed by atoms with Gasteiger partial charge in [0.1, 0.15) is 0 Å². The van der Waals surface area contributed by atoms with Crippen molar-refractivity contribution in [3.63, 3.8) is 0 Å². The second kappa shape index (κ2) is 11.2. The van der Waals surface area contributed by atoms with E-state index in [0.717, 1.165) is 18.5 Å². The molecule has 3 N–H and O–H groups in total. The molecule has 0 radical (unpaired) electrons. The molecule has 1 aromatic rings. The maximum Gasteiger partial charge on any atom is 0.224 e. The summed E-state index contributed by atoms with van der Waals surface area (Å²) < 4.78 is 0. The lowest BCUT2D eigenvalue weighted by molar-refractivity contribution is -0.120. The second-order valence-corrected chi connectivity index (χ2v) is 5.75. The number of carbonyl (C=O) groups is 1. The molecule has 21 heavy (non-hydrogen) atoms. The van der Waals surface area contributed by atoms with Gasteiger partial charge in [-0.15, -0.1) is 0 Å². The third-order valence-electron chi connectivity index (χ3n) is 3.67. The van der Waals surface area contributed by atoms with Crippen LogP contribution in [-0.2, 0) is 11.2 Å². The van der Waals surface area contributed by atoms with E-state index in [4.69, 9.17) is 5.73 Å². The Morgan fingerprint density at radius 2 is 1.71 bits per heavy atom. The van der Waals surface area contributed by atoms with Crippen molar-refractivity contribution in [3.05, 3.63) is 29.8 Å². The zero-order chi connectivity index (χ0) is 15.3. The Bertz CT molecular complexity index is 404. The van der Waals surface area contributed by atoms with Gasteiger partial charge >= 0.3 is 0 Å². The molecule has 0 heterocycles. The summed E-state index contributed by atoms with van der Waals surface area (Å²) in [6, 6.07) is 7.51. The Balaban J connectivity index is 1.99. The largest absolute Gasteiger partial charge is 0.399 e. The number of nitrogens with one attached hydrogen (secondary N) is 1. The molecule has 0 saturated carbocycles. The first-order chi connectivity index (χ1) is 10.2. The van der Waals surface area contributed by atoms with E-state index in [-0.39, 0.29) is 5.91 Å². The third kappa shape index (κ3) is 9.11. The molecule has 118 valence electrons. The lowest BCUT2D eigenvalue weighted by Crippen LogP contribution is -2.26. The molecule has 0 saturated heterocycles. The SMILES string of the molecule is CCCCCCCCCCNC(=O)Cc1cccc(N)c1. The van der Waals surface area contributed by atoms with Crippen LogP contribution >= 0.6 is 0 Å². The summed E-state index contributed by atoms with van der Waals surface area (Å²) in [5, 5.41) is 2.98. The molecule has 0 aliphatic heterocycles. The van der Waals surface area contributed by atoms with Crippen molar-refractivity contribution in [1.29, 1.82) is 0 Å². The van der Waals surface area contributed by atoms with Crippen molar-refractivity contribution < 1.29 is 4.79 Å². The minimum Gasteiger partial charge on any atom is -0.399 e. The van der Waals surface area contributed by atoms with Crippen LogP contribution in [-0.4, -0.2) is 12.5 Å². The number of nitrogens with two attached hydrogens (primary N) is 1. The maximum absolute atomic E-state index is 11.8. The predicted octanol–water partition coefficient (Wildman–Crippen LogP) is 4.07. The van der Waals surface area contributed by atoms with Gasteiger partial charge in [0.05, 0.1) is 6.42 Å². The van der Waals surface area contributed by atoms with Gasteiger partial charge in [0.25, 0.3) is 0 Å². The fourth-order valence-corrected chi connectivity index (χ4v) is 2.44. The molecule has 0 aromatic heterocycles. The van der Waals surface area contributed by atoms with E-state index in [2.05, 4.69) is 12.2 Å². The van der Waals surface area contributed by atoms with Gasteiger partial charge in [0.15, 0.2) is 0 Å². The van der Waals surface area contributed by atoms with E-state index in [1.165, 1.54) is 44.9 Å². The molecule has 1 amide bonds. The van der Waals surface area contributed by atoms with Gasteiger partial charge < -0.3 is 11.1 Å². The van der Waals surface area contributed by atoms with Crippen LogP contribution in [0.1, 0.15) is 63.9 Å². The maximum atomic E-state index is 11.8. The van der Waals surface area contributed by atoms with E-state index in [1.54, 1.807) is 0 Å². The lowest BCUT2D eigenvalue weighted by Gasteiger charge is -2.06. The molecule has 3 nitrogen and oxygen atoms in total. The van der Waals surface area contributed by atoms with Gasteiger partial charge in [-0.05, 0) is 24.1 Å². The van der Waals surface area contributed by atoms with E-state index in [0.29, 0.717) is 12.1 Å². The molecular formula is C18H30N2O. The number of unbranched alkanes of at least 4 members (excludes halogenated alkanes) is 7. The average molecular weight is 290 g/mol. The number of carbonyl (C=O) groups excluding carboxylic acids is 1. The molecule has 0 fully saturated rings. The fraction of sp³-hybridized carbons (Fsp3) is 0.611. The van der Waals surface area contributed by atoms with E-state index in [1.807, 2.05) is 24.3 Å².